The molecule has 1 aliphatic rings. The molecule has 1 atom stereocenters. The summed E-state index contributed by atoms with van der Waals surface area (Å²) in [7, 11) is -3.49. The molecule has 0 aromatic heterocycles. The van der Waals surface area contributed by atoms with Gasteiger partial charge in [0, 0.05) is 12.2 Å². The van der Waals surface area contributed by atoms with Gasteiger partial charge in [0.25, 0.3) is 0 Å². The van der Waals surface area contributed by atoms with Gasteiger partial charge in [-0.1, -0.05) is 30.3 Å². The molecule has 1 aliphatic heterocycles. The molecule has 4 rings (SSSR count). The zero-order chi connectivity index (χ0) is 23.4. The Labute approximate surface area is 195 Å². The summed E-state index contributed by atoms with van der Waals surface area (Å²) in [6.45, 7) is 5.54. The monoisotopic (exact) mass is 461 g/mol. The molecule has 7 heteroatoms. The molecule has 170 valence electrons. The lowest BCUT2D eigenvalue weighted by atomic mass is 9.99. The van der Waals surface area contributed by atoms with Gasteiger partial charge in [0.2, 0.25) is 0 Å². The molecule has 2 amide bonds. The summed E-state index contributed by atoms with van der Waals surface area (Å²) < 4.78 is 25.8. The van der Waals surface area contributed by atoms with Gasteiger partial charge in [-0.2, -0.15) is 0 Å². The van der Waals surface area contributed by atoms with Crippen molar-refractivity contribution in [3.05, 3.63) is 94.5 Å². The van der Waals surface area contributed by atoms with Crippen LogP contribution in [-0.4, -0.2) is 21.0 Å². The van der Waals surface area contributed by atoms with E-state index in [1.54, 1.807) is 18.2 Å². The van der Waals surface area contributed by atoms with Crippen molar-refractivity contribution >= 4 is 21.6 Å². The van der Waals surface area contributed by atoms with Crippen LogP contribution >= 0.6 is 0 Å². The first-order chi connectivity index (χ1) is 15.8. The second kappa shape index (κ2) is 9.65. The van der Waals surface area contributed by atoms with Crippen LogP contribution in [0.3, 0.4) is 0 Å². The lowest BCUT2D eigenvalue weighted by molar-refractivity contribution is 0.249. The fraction of sp³-hybridized carbons (Fsp3) is 0.269. The summed E-state index contributed by atoms with van der Waals surface area (Å²) in [6.07, 6.45) is 0.908. The highest BCUT2D eigenvalue weighted by molar-refractivity contribution is 7.90. The van der Waals surface area contributed by atoms with Crippen molar-refractivity contribution in [2.24, 2.45) is 0 Å². The molecule has 0 aliphatic carbocycles. The quantitative estimate of drug-likeness (QED) is 0.516. The van der Waals surface area contributed by atoms with Gasteiger partial charge < -0.3 is 16.0 Å². The maximum absolute atomic E-state index is 12.9. The highest BCUT2D eigenvalue weighted by Crippen LogP contribution is 2.22. The van der Waals surface area contributed by atoms with Crippen molar-refractivity contribution in [1.82, 2.24) is 10.6 Å². The fourth-order valence-corrected chi connectivity index (χ4v) is 5.26. The van der Waals surface area contributed by atoms with Crippen molar-refractivity contribution in [2.75, 3.05) is 11.9 Å². The van der Waals surface area contributed by atoms with E-state index in [4.69, 9.17) is 0 Å². The normalized spacial score (nSPS) is 14.0. The maximum atomic E-state index is 12.9. The number of carbonyl (C=O) groups excluding carboxylic acids is 1. The second-order valence-corrected chi connectivity index (χ2v) is 10.4. The highest BCUT2D eigenvalue weighted by Gasteiger charge is 2.18. The summed E-state index contributed by atoms with van der Waals surface area (Å²) in [5, 5.41) is 8.94. The Morgan fingerprint density at radius 1 is 1.12 bits per heavy atom. The van der Waals surface area contributed by atoms with Crippen LogP contribution in [0.4, 0.5) is 10.5 Å². The molecule has 0 spiro atoms. The molecule has 0 fully saturated rings. The molecule has 0 radical (unpaired) electrons. The minimum atomic E-state index is -3.49. The zero-order valence-electron chi connectivity index (χ0n) is 18.7. The summed E-state index contributed by atoms with van der Waals surface area (Å²) in [5.74, 6) is -0.0522. The van der Waals surface area contributed by atoms with E-state index in [2.05, 4.69) is 28.1 Å². The smallest absolute Gasteiger partial charge is 0.319 e. The molecule has 3 N–H and O–H groups in total. The third-order valence-electron chi connectivity index (χ3n) is 5.72. The molecule has 0 saturated heterocycles. The summed E-state index contributed by atoms with van der Waals surface area (Å²) >= 11 is 0. The second-order valence-electron chi connectivity index (χ2n) is 8.37. The standard InChI is InChI=1S/C26H27N3O3S/c1-18-4-3-5-21(14-18)19(2)28-26(30)29-24-8-10-25(11-9-24)33(31,32)17-20-6-7-23-16-27-13-12-22(23)15-20/h5-11,14-15,19,27H,12-13,16-17H2,1-2H3,(H2,28,29,30). The minimum absolute atomic E-state index is 0.0522. The first-order valence-electron chi connectivity index (χ1n) is 10.9. The average molecular weight is 462 g/mol. The van der Waals surface area contributed by atoms with Crippen LogP contribution in [0, 0.1) is 19.1 Å². The number of carbonyl (C=O) groups is 1. The number of rotatable bonds is 6. The number of hydrogen-bond acceptors (Lipinski definition) is 4. The van der Waals surface area contributed by atoms with Gasteiger partial charge >= 0.3 is 6.03 Å². The number of sulfone groups is 1. The minimum Gasteiger partial charge on any atom is -0.331 e. The summed E-state index contributed by atoms with van der Waals surface area (Å²) in [6, 6.07) is 21.2. The van der Waals surface area contributed by atoms with Crippen LogP contribution in [0.2, 0.25) is 0 Å². The summed E-state index contributed by atoms with van der Waals surface area (Å²) in [4.78, 5) is 12.6. The fourth-order valence-electron chi connectivity index (χ4n) is 3.93. The lowest BCUT2D eigenvalue weighted by Crippen LogP contribution is -2.31. The molecule has 1 heterocycles. The number of anilines is 1. The van der Waals surface area contributed by atoms with E-state index in [9.17, 15) is 13.2 Å². The van der Waals surface area contributed by atoms with Crippen molar-refractivity contribution < 1.29 is 13.2 Å². The molecule has 1 unspecified atom stereocenters. The molecule has 3 aromatic carbocycles. The van der Waals surface area contributed by atoms with E-state index in [0.29, 0.717) is 5.69 Å². The number of nitrogens with one attached hydrogen (secondary N) is 3. The predicted molar refractivity (Wildman–Crippen MR) is 129 cm³/mol. The van der Waals surface area contributed by atoms with Crippen molar-refractivity contribution in [1.29, 1.82) is 0 Å². The molecule has 6 nitrogen and oxygen atoms in total. The molecule has 33 heavy (non-hydrogen) atoms. The third-order valence-corrected chi connectivity index (χ3v) is 7.43. The Morgan fingerprint density at radius 3 is 2.67 bits per heavy atom. The molecular weight excluding hydrogens is 434 g/mol. The highest BCUT2D eigenvalue weighted by atomic mass is 32.2. The number of urea groups is 1. The number of amides is 2. The van der Waals surface area contributed by atoms with Crippen LogP contribution in [0.1, 0.15) is 40.8 Å². The first kappa shape index (κ1) is 22.8. The average Bonchev–Trinajstić information content (AvgIpc) is 2.79. The zero-order valence-corrected chi connectivity index (χ0v) is 19.6. The van der Waals surface area contributed by atoms with Gasteiger partial charge in [-0.25, -0.2) is 13.2 Å². The number of benzene rings is 2. The largest absolute Gasteiger partial charge is 0.331 e. The topological polar surface area (TPSA) is 87.3 Å². The summed E-state index contributed by atoms with van der Waals surface area (Å²) in [5.41, 5.74) is 5.63. The lowest BCUT2D eigenvalue weighted by Gasteiger charge is -2.18. The van der Waals surface area contributed by atoms with E-state index in [0.717, 1.165) is 36.2 Å². The van der Waals surface area contributed by atoms with Crippen LogP contribution < -0.4 is 16.0 Å². The van der Waals surface area contributed by atoms with E-state index in [-0.39, 0.29) is 22.7 Å². The molecule has 0 bridgehead atoms. The molecule has 3 aromatic rings. The van der Waals surface area contributed by atoms with E-state index < -0.39 is 9.84 Å². The van der Waals surface area contributed by atoms with Crippen molar-refractivity contribution in [3.8, 4) is 0 Å². The number of hydrogen-bond donors (Lipinski definition) is 3. The van der Waals surface area contributed by atoms with E-state index >= 15 is 0 Å². The SMILES string of the molecule is Cc1c#ccc(C(C)NC(=O)Nc2ccc(S(=O)(=O)Cc3ccc4c(c3)CCNC4)cc2)c1. The van der Waals surface area contributed by atoms with Gasteiger partial charge in [0.1, 0.15) is 0 Å². The van der Waals surface area contributed by atoms with Crippen molar-refractivity contribution in [3.63, 3.8) is 0 Å². The van der Waals surface area contributed by atoms with Crippen LogP contribution in [-0.2, 0) is 28.6 Å². The Kier molecular flexibility index (Phi) is 6.68. The van der Waals surface area contributed by atoms with Gasteiger partial charge in [-0.15, -0.1) is 0 Å². The molecule has 0 saturated carbocycles. The first-order valence-corrected chi connectivity index (χ1v) is 12.6. The Morgan fingerprint density at radius 2 is 1.91 bits per heavy atom. The predicted octanol–water partition coefficient (Wildman–Crippen LogP) is 4.10. The molecular formula is C26H27N3O3S. The van der Waals surface area contributed by atoms with Crippen LogP contribution in [0.5, 0.6) is 0 Å². The van der Waals surface area contributed by atoms with Gasteiger partial charge in [0.05, 0.1) is 16.7 Å². The Balaban J connectivity index is 1.38. The van der Waals surface area contributed by atoms with Gasteiger partial charge in [-0.3, -0.25) is 0 Å². The van der Waals surface area contributed by atoms with Gasteiger partial charge in [0.15, 0.2) is 9.84 Å². The number of aryl methyl sites for hydroxylation is 1. The van der Waals surface area contributed by atoms with Gasteiger partial charge in [-0.05, 0) is 91.0 Å². The Bertz CT molecular complexity index is 1250. The van der Waals surface area contributed by atoms with Crippen LogP contribution in [0.25, 0.3) is 0 Å². The van der Waals surface area contributed by atoms with Crippen LogP contribution in [0.15, 0.2) is 59.5 Å². The number of fused-ring (bicyclic) bond motifs is 1. The van der Waals surface area contributed by atoms with Crippen molar-refractivity contribution in [2.45, 2.75) is 43.5 Å². The van der Waals surface area contributed by atoms with E-state index in [1.165, 1.54) is 23.3 Å². The maximum Gasteiger partial charge on any atom is 0.319 e. The Hall–Kier alpha value is -3.34. The third kappa shape index (κ3) is 5.72. The van der Waals surface area contributed by atoms with E-state index in [1.807, 2.05) is 38.1 Å².